The van der Waals surface area contributed by atoms with Gasteiger partial charge in [-0.15, -0.1) is 11.3 Å². The molecule has 1 atom stereocenters. The number of aryl methyl sites for hydroxylation is 1. The molecule has 0 fully saturated rings. The van der Waals surface area contributed by atoms with Crippen LogP contribution < -0.4 is 0 Å². The van der Waals surface area contributed by atoms with Gasteiger partial charge < -0.3 is 4.74 Å². The first-order chi connectivity index (χ1) is 11.4. The predicted octanol–water partition coefficient (Wildman–Crippen LogP) is 0.855. The lowest BCUT2D eigenvalue weighted by Crippen LogP contribution is -2.43. The van der Waals surface area contributed by atoms with Crippen LogP contribution >= 0.6 is 11.3 Å². The lowest BCUT2D eigenvalue weighted by molar-refractivity contribution is 0.0185. The van der Waals surface area contributed by atoms with Crippen LogP contribution in [0.25, 0.3) is 0 Å². The third-order valence-electron chi connectivity index (χ3n) is 3.85. The van der Waals surface area contributed by atoms with E-state index in [9.17, 15) is 8.42 Å². The van der Waals surface area contributed by atoms with E-state index < -0.39 is 10.2 Å². The van der Waals surface area contributed by atoms with Gasteiger partial charge in [0.2, 0.25) is 0 Å². The topological polar surface area (TPSA) is 80.6 Å². The molecule has 0 aliphatic carbocycles. The highest BCUT2D eigenvalue weighted by Crippen LogP contribution is 2.19. The number of rotatable bonds is 5. The minimum atomic E-state index is -3.52. The van der Waals surface area contributed by atoms with Gasteiger partial charge in [-0.3, -0.25) is 4.68 Å². The van der Waals surface area contributed by atoms with Gasteiger partial charge in [-0.05, 0) is 13.0 Å². The fraction of sp³-hybridized carbons (Fsp3) is 0.571. The van der Waals surface area contributed by atoms with E-state index >= 15 is 0 Å². The van der Waals surface area contributed by atoms with Gasteiger partial charge in [-0.2, -0.15) is 22.1 Å². The summed E-state index contributed by atoms with van der Waals surface area (Å²) >= 11 is 1.57. The van der Waals surface area contributed by atoms with Crippen molar-refractivity contribution in [3.63, 3.8) is 0 Å². The maximum atomic E-state index is 12.5. The van der Waals surface area contributed by atoms with E-state index in [-0.39, 0.29) is 19.2 Å². The van der Waals surface area contributed by atoms with Crippen LogP contribution in [0.3, 0.4) is 0 Å². The molecule has 8 nitrogen and oxygen atoms in total. The van der Waals surface area contributed by atoms with Gasteiger partial charge >= 0.3 is 0 Å². The molecular formula is C14H21N5O3S2. The molecule has 1 aliphatic heterocycles. The van der Waals surface area contributed by atoms with Crippen molar-refractivity contribution >= 4 is 21.5 Å². The zero-order valence-electron chi connectivity index (χ0n) is 13.9. The van der Waals surface area contributed by atoms with E-state index in [0.29, 0.717) is 13.2 Å². The number of thiazole rings is 1. The molecule has 0 bridgehead atoms. The van der Waals surface area contributed by atoms with Crippen LogP contribution in [0.1, 0.15) is 16.4 Å². The Morgan fingerprint density at radius 2 is 2.21 bits per heavy atom. The SMILES string of the molecule is Cc1nc(COC2CN(S(=O)(=O)N(C)C)Cc3ccnn3C2)cs1. The Hall–Kier alpha value is -1.33. The summed E-state index contributed by atoms with van der Waals surface area (Å²) in [6, 6.07) is 1.84. The highest BCUT2D eigenvalue weighted by Gasteiger charge is 2.32. The molecule has 0 saturated heterocycles. The van der Waals surface area contributed by atoms with E-state index in [2.05, 4.69) is 10.1 Å². The third-order valence-corrected chi connectivity index (χ3v) is 6.52. The van der Waals surface area contributed by atoms with Crippen LogP contribution in [-0.2, 0) is 34.6 Å². The smallest absolute Gasteiger partial charge is 0.281 e. The van der Waals surface area contributed by atoms with E-state index in [1.807, 2.05) is 23.1 Å². The van der Waals surface area contributed by atoms with Crippen molar-refractivity contribution < 1.29 is 13.2 Å². The Morgan fingerprint density at radius 3 is 2.88 bits per heavy atom. The van der Waals surface area contributed by atoms with Crippen molar-refractivity contribution in [2.24, 2.45) is 0 Å². The molecule has 0 saturated carbocycles. The maximum absolute atomic E-state index is 12.5. The largest absolute Gasteiger partial charge is 0.369 e. The second kappa shape index (κ2) is 6.89. The van der Waals surface area contributed by atoms with Crippen LogP contribution in [0.5, 0.6) is 0 Å². The Morgan fingerprint density at radius 1 is 1.42 bits per heavy atom. The summed E-state index contributed by atoms with van der Waals surface area (Å²) in [4.78, 5) is 4.38. The zero-order chi connectivity index (χ0) is 17.3. The quantitative estimate of drug-likeness (QED) is 0.779. The van der Waals surface area contributed by atoms with Gasteiger partial charge in [-0.1, -0.05) is 0 Å². The third kappa shape index (κ3) is 3.67. The average Bonchev–Trinajstić information content (AvgIpc) is 3.09. The van der Waals surface area contributed by atoms with Crippen molar-refractivity contribution in [2.75, 3.05) is 20.6 Å². The second-order valence-electron chi connectivity index (χ2n) is 5.88. The highest BCUT2D eigenvalue weighted by molar-refractivity contribution is 7.86. The molecule has 0 N–H and O–H groups in total. The molecule has 0 amide bonds. The molecule has 3 rings (SSSR count). The first-order valence-corrected chi connectivity index (χ1v) is 9.85. The molecule has 3 heterocycles. The van der Waals surface area contributed by atoms with Crippen molar-refractivity contribution in [1.29, 1.82) is 0 Å². The summed E-state index contributed by atoms with van der Waals surface area (Å²) < 4.78 is 35.5. The number of ether oxygens (including phenoxy) is 1. The van der Waals surface area contributed by atoms with Crippen LogP contribution in [0.15, 0.2) is 17.6 Å². The number of aromatic nitrogens is 3. The Labute approximate surface area is 145 Å². The highest BCUT2D eigenvalue weighted by atomic mass is 32.2. The van der Waals surface area contributed by atoms with Gasteiger partial charge in [0.1, 0.15) is 0 Å². The molecule has 1 unspecified atom stereocenters. The van der Waals surface area contributed by atoms with E-state index in [1.165, 1.54) is 22.7 Å². The van der Waals surface area contributed by atoms with E-state index in [4.69, 9.17) is 4.74 Å². The lowest BCUT2D eigenvalue weighted by Gasteiger charge is -2.26. The average molecular weight is 371 g/mol. The normalized spacial score (nSPS) is 19.4. The first-order valence-electron chi connectivity index (χ1n) is 7.57. The standard InChI is InChI=1S/C14H21N5O3S2/c1-11-16-12(10-23-11)9-22-14-7-18(24(20,21)17(2)3)6-13-4-5-15-19(13)8-14/h4-5,10,14H,6-9H2,1-3H3. The summed E-state index contributed by atoms with van der Waals surface area (Å²) in [5.41, 5.74) is 1.72. The Kier molecular flexibility index (Phi) is 5.02. The van der Waals surface area contributed by atoms with Crippen LogP contribution in [0.4, 0.5) is 0 Å². The summed E-state index contributed by atoms with van der Waals surface area (Å²) in [6.07, 6.45) is 1.39. The number of nitrogens with zero attached hydrogens (tertiary/aromatic N) is 5. The molecule has 24 heavy (non-hydrogen) atoms. The number of hydrogen-bond donors (Lipinski definition) is 0. The molecule has 2 aromatic rings. The summed E-state index contributed by atoms with van der Waals surface area (Å²) in [5, 5.41) is 7.22. The molecular weight excluding hydrogens is 350 g/mol. The van der Waals surface area contributed by atoms with Crippen molar-refractivity contribution in [3.8, 4) is 0 Å². The summed E-state index contributed by atoms with van der Waals surface area (Å²) in [5.74, 6) is 0. The van der Waals surface area contributed by atoms with Crippen molar-refractivity contribution in [1.82, 2.24) is 23.4 Å². The number of hydrogen-bond acceptors (Lipinski definition) is 6. The van der Waals surface area contributed by atoms with Crippen molar-refractivity contribution in [2.45, 2.75) is 32.7 Å². The molecule has 0 spiro atoms. The van der Waals surface area contributed by atoms with Gasteiger partial charge in [0, 0.05) is 32.2 Å². The van der Waals surface area contributed by atoms with Crippen LogP contribution in [0, 0.1) is 6.92 Å². The van der Waals surface area contributed by atoms with Gasteiger partial charge in [-0.25, -0.2) is 4.98 Å². The molecule has 0 radical (unpaired) electrons. The minimum absolute atomic E-state index is 0.285. The van der Waals surface area contributed by atoms with Crippen LogP contribution in [-0.4, -0.2) is 58.5 Å². The Balaban J connectivity index is 1.78. The van der Waals surface area contributed by atoms with E-state index in [1.54, 1.807) is 17.5 Å². The minimum Gasteiger partial charge on any atom is -0.369 e. The van der Waals surface area contributed by atoms with Gasteiger partial charge in [0.25, 0.3) is 10.2 Å². The summed E-state index contributed by atoms with van der Waals surface area (Å²) in [6.45, 7) is 3.40. The predicted molar refractivity (Wildman–Crippen MR) is 90.7 cm³/mol. The van der Waals surface area contributed by atoms with Gasteiger partial charge in [0.15, 0.2) is 0 Å². The fourth-order valence-electron chi connectivity index (χ4n) is 2.57. The van der Waals surface area contributed by atoms with Gasteiger partial charge in [0.05, 0.1) is 42.2 Å². The molecule has 0 aromatic carbocycles. The number of fused-ring (bicyclic) bond motifs is 1. The zero-order valence-corrected chi connectivity index (χ0v) is 15.5. The van der Waals surface area contributed by atoms with E-state index in [0.717, 1.165) is 16.4 Å². The monoisotopic (exact) mass is 371 g/mol. The molecule has 132 valence electrons. The summed E-state index contributed by atoms with van der Waals surface area (Å²) in [7, 11) is -0.457. The molecule has 1 aliphatic rings. The maximum Gasteiger partial charge on any atom is 0.281 e. The van der Waals surface area contributed by atoms with Crippen molar-refractivity contribution in [3.05, 3.63) is 34.0 Å². The molecule has 2 aromatic heterocycles. The Bertz CT molecular complexity index is 799. The lowest BCUT2D eigenvalue weighted by atomic mass is 10.3. The fourth-order valence-corrected chi connectivity index (χ4v) is 4.28. The molecule has 10 heteroatoms. The van der Waals surface area contributed by atoms with Crippen LogP contribution in [0.2, 0.25) is 0 Å². The first kappa shape index (κ1) is 17.5. The second-order valence-corrected chi connectivity index (χ2v) is 9.08.